The Bertz CT molecular complexity index is 1400. The molecule has 0 bridgehead atoms. The van der Waals surface area contributed by atoms with Gasteiger partial charge in [0.2, 0.25) is 6.79 Å². The Hall–Kier alpha value is -4.44. The smallest absolute Gasteiger partial charge is 0.342 e. The van der Waals surface area contributed by atoms with Crippen LogP contribution in [0.4, 0.5) is 0 Å². The minimum absolute atomic E-state index is 0.0132. The Morgan fingerprint density at radius 1 is 0.872 bits per heavy atom. The molecule has 0 N–H and O–H groups in total. The maximum atomic E-state index is 13.6. The summed E-state index contributed by atoms with van der Waals surface area (Å²) in [5.41, 5.74) is 2.23. The number of carbonyl (C=O) groups is 3. The highest BCUT2D eigenvalue weighted by Crippen LogP contribution is 2.44. The van der Waals surface area contributed by atoms with Crippen LogP contribution < -0.4 is 9.47 Å². The fourth-order valence-corrected chi connectivity index (χ4v) is 4.55. The molecule has 0 saturated heterocycles. The summed E-state index contributed by atoms with van der Waals surface area (Å²) in [4.78, 5) is 45.9. The zero-order valence-electron chi connectivity index (χ0n) is 22.5. The van der Waals surface area contributed by atoms with Crippen LogP contribution in [-0.4, -0.2) is 69.0 Å². The molecular weight excluding hydrogens is 504 g/mol. The van der Waals surface area contributed by atoms with Crippen molar-refractivity contribution in [2.75, 3.05) is 41.2 Å². The maximum Gasteiger partial charge on any atom is 0.342 e. The van der Waals surface area contributed by atoms with E-state index >= 15 is 0 Å². The van der Waals surface area contributed by atoms with Crippen molar-refractivity contribution in [2.24, 2.45) is 0 Å². The first-order chi connectivity index (χ1) is 18.8. The highest BCUT2D eigenvalue weighted by molar-refractivity contribution is 6.11. The van der Waals surface area contributed by atoms with Gasteiger partial charge in [-0.25, -0.2) is 14.4 Å². The summed E-state index contributed by atoms with van der Waals surface area (Å²) in [6.07, 6.45) is 0. The van der Waals surface area contributed by atoms with E-state index in [1.807, 2.05) is 42.3 Å². The molecule has 2 aromatic carbocycles. The molecule has 39 heavy (non-hydrogen) atoms. The molecule has 0 fully saturated rings. The van der Waals surface area contributed by atoms with Crippen molar-refractivity contribution in [3.8, 4) is 22.6 Å². The number of aromatic nitrogens is 1. The van der Waals surface area contributed by atoms with E-state index < -0.39 is 17.9 Å². The second-order valence-corrected chi connectivity index (χ2v) is 8.97. The van der Waals surface area contributed by atoms with Gasteiger partial charge in [0.25, 0.3) is 0 Å². The number of benzene rings is 2. The summed E-state index contributed by atoms with van der Waals surface area (Å²) < 4.78 is 26.7. The van der Waals surface area contributed by atoms with E-state index in [-0.39, 0.29) is 47.0 Å². The quantitative estimate of drug-likeness (QED) is 0.295. The third-order valence-corrected chi connectivity index (χ3v) is 6.35. The van der Waals surface area contributed by atoms with E-state index in [1.54, 1.807) is 26.0 Å². The molecule has 0 spiro atoms. The van der Waals surface area contributed by atoms with Crippen molar-refractivity contribution < 1.29 is 38.1 Å². The number of nitrogens with zero attached hydrogens (tertiary/aromatic N) is 2. The van der Waals surface area contributed by atoms with Gasteiger partial charge in [-0.3, -0.25) is 9.88 Å². The first-order valence-electron chi connectivity index (χ1n) is 12.3. The lowest BCUT2D eigenvalue weighted by molar-refractivity contribution is 0.0469. The lowest BCUT2D eigenvalue weighted by atomic mass is 9.89. The van der Waals surface area contributed by atoms with E-state index in [1.165, 1.54) is 14.2 Å². The third kappa shape index (κ3) is 5.70. The standard InChI is InChI=1S/C29H30N2O8/c1-17-22(27(32)35-4)24(20-11-12-21-26(39-16-38-21)25(20)28(33)36-5)23(18(2)30-17)29(34)37-14-13-31(3)15-19-9-7-6-8-10-19/h6-12H,13-16H2,1-5H3. The van der Waals surface area contributed by atoms with Crippen LogP contribution in [0.25, 0.3) is 11.1 Å². The van der Waals surface area contributed by atoms with Gasteiger partial charge < -0.3 is 23.7 Å². The van der Waals surface area contributed by atoms with Gasteiger partial charge >= 0.3 is 17.9 Å². The molecule has 3 aromatic rings. The molecule has 0 atom stereocenters. The largest absolute Gasteiger partial charge is 0.465 e. The number of carbonyl (C=O) groups excluding carboxylic acids is 3. The summed E-state index contributed by atoms with van der Waals surface area (Å²) in [7, 11) is 4.38. The Labute approximate surface area is 226 Å². The number of pyridine rings is 1. The van der Waals surface area contributed by atoms with Crippen molar-refractivity contribution in [1.82, 2.24) is 9.88 Å². The molecule has 4 rings (SSSR count). The molecule has 2 heterocycles. The molecule has 1 aliphatic heterocycles. The number of hydrogen-bond acceptors (Lipinski definition) is 10. The van der Waals surface area contributed by atoms with Crippen molar-refractivity contribution in [1.29, 1.82) is 0 Å². The lowest BCUT2D eigenvalue weighted by Gasteiger charge is -2.20. The number of aryl methyl sites for hydroxylation is 2. The maximum absolute atomic E-state index is 13.6. The van der Waals surface area contributed by atoms with Crippen molar-refractivity contribution in [2.45, 2.75) is 20.4 Å². The number of esters is 3. The number of methoxy groups -OCH3 is 2. The summed E-state index contributed by atoms with van der Waals surface area (Å²) in [5, 5.41) is 0. The van der Waals surface area contributed by atoms with Crippen LogP contribution in [0.15, 0.2) is 42.5 Å². The fraction of sp³-hybridized carbons (Fsp3) is 0.310. The SMILES string of the molecule is COC(=O)c1c(-c2c(C(=O)OC)c(C)nc(C)c2C(=O)OCCN(C)Cc2ccccc2)ccc2c1OCO2. The van der Waals surface area contributed by atoms with E-state index in [0.717, 1.165) is 5.56 Å². The predicted molar refractivity (Wildman–Crippen MR) is 141 cm³/mol. The molecule has 204 valence electrons. The molecule has 0 radical (unpaired) electrons. The van der Waals surface area contributed by atoms with Gasteiger partial charge in [0.15, 0.2) is 11.5 Å². The number of fused-ring (bicyclic) bond motifs is 1. The van der Waals surface area contributed by atoms with E-state index in [0.29, 0.717) is 30.2 Å². The first-order valence-corrected chi connectivity index (χ1v) is 12.3. The number of rotatable bonds is 9. The van der Waals surface area contributed by atoms with Gasteiger partial charge in [0.1, 0.15) is 12.2 Å². The monoisotopic (exact) mass is 534 g/mol. The van der Waals surface area contributed by atoms with Gasteiger partial charge in [-0.2, -0.15) is 0 Å². The second kappa shape index (κ2) is 12.0. The fourth-order valence-electron chi connectivity index (χ4n) is 4.55. The zero-order valence-corrected chi connectivity index (χ0v) is 22.5. The Balaban J connectivity index is 1.75. The predicted octanol–water partition coefficient (Wildman–Crippen LogP) is 3.96. The van der Waals surface area contributed by atoms with E-state index in [9.17, 15) is 14.4 Å². The van der Waals surface area contributed by atoms with Crippen molar-refractivity contribution in [3.05, 3.63) is 76.1 Å². The summed E-state index contributed by atoms with van der Waals surface area (Å²) in [5.74, 6) is -1.64. The number of ether oxygens (including phenoxy) is 5. The molecule has 10 heteroatoms. The molecule has 0 aliphatic carbocycles. The van der Waals surface area contributed by atoms with Gasteiger partial charge in [-0.15, -0.1) is 0 Å². The molecule has 10 nitrogen and oxygen atoms in total. The average Bonchev–Trinajstić information content (AvgIpc) is 3.40. The summed E-state index contributed by atoms with van der Waals surface area (Å²) in [6, 6.07) is 13.1. The van der Waals surface area contributed by atoms with Gasteiger partial charge in [0.05, 0.1) is 36.7 Å². The summed E-state index contributed by atoms with van der Waals surface area (Å²) >= 11 is 0. The van der Waals surface area contributed by atoms with Crippen LogP contribution in [0, 0.1) is 13.8 Å². The van der Waals surface area contributed by atoms with E-state index in [4.69, 9.17) is 23.7 Å². The highest BCUT2D eigenvalue weighted by atomic mass is 16.7. The van der Waals surface area contributed by atoms with Gasteiger partial charge in [0, 0.05) is 24.2 Å². The number of hydrogen-bond donors (Lipinski definition) is 0. The van der Waals surface area contributed by atoms with Gasteiger partial charge in [-0.1, -0.05) is 30.3 Å². The molecule has 1 aliphatic rings. The number of likely N-dealkylation sites (N-methyl/N-ethyl adjacent to an activating group) is 1. The molecule has 0 saturated carbocycles. The Kier molecular flexibility index (Phi) is 8.46. The zero-order chi connectivity index (χ0) is 28.1. The van der Waals surface area contributed by atoms with Crippen molar-refractivity contribution >= 4 is 17.9 Å². The Morgan fingerprint density at radius 3 is 2.18 bits per heavy atom. The second-order valence-electron chi connectivity index (χ2n) is 8.97. The Morgan fingerprint density at radius 2 is 1.51 bits per heavy atom. The van der Waals surface area contributed by atoms with Gasteiger partial charge in [-0.05, 0) is 38.6 Å². The minimum Gasteiger partial charge on any atom is -0.465 e. The van der Waals surface area contributed by atoms with Crippen LogP contribution in [0.1, 0.15) is 48.0 Å². The normalized spacial score (nSPS) is 11.8. The minimum atomic E-state index is -0.725. The average molecular weight is 535 g/mol. The lowest BCUT2D eigenvalue weighted by Crippen LogP contribution is -2.25. The molecule has 0 amide bonds. The molecule has 1 aromatic heterocycles. The highest BCUT2D eigenvalue weighted by Gasteiger charge is 2.34. The van der Waals surface area contributed by atoms with Crippen LogP contribution in [0.3, 0.4) is 0 Å². The molecular formula is C29H30N2O8. The first kappa shape index (κ1) is 27.6. The topological polar surface area (TPSA) is 113 Å². The van der Waals surface area contributed by atoms with E-state index in [2.05, 4.69) is 4.98 Å². The molecule has 0 unspecified atom stereocenters. The van der Waals surface area contributed by atoms with Crippen LogP contribution in [0.5, 0.6) is 11.5 Å². The van der Waals surface area contributed by atoms with Crippen LogP contribution >= 0.6 is 0 Å². The van der Waals surface area contributed by atoms with Crippen LogP contribution in [0.2, 0.25) is 0 Å². The summed E-state index contributed by atoms with van der Waals surface area (Å²) in [6.45, 7) is 4.41. The third-order valence-electron chi connectivity index (χ3n) is 6.35. The van der Waals surface area contributed by atoms with Crippen molar-refractivity contribution in [3.63, 3.8) is 0 Å². The van der Waals surface area contributed by atoms with Crippen LogP contribution in [-0.2, 0) is 20.8 Å².